The van der Waals surface area contributed by atoms with Crippen LogP contribution in [-0.4, -0.2) is 33.7 Å². The number of hydrogen-bond acceptors (Lipinski definition) is 4. The first-order valence-corrected chi connectivity index (χ1v) is 7.48. The highest BCUT2D eigenvalue weighted by molar-refractivity contribution is 7.99. The van der Waals surface area contributed by atoms with Gasteiger partial charge in [0.25, 0.3) is 11.5 Å². The quantitative estimate of drug-likeness (QED) is 0.900. The number of H-pyrrole nitrogens is 1. The molecule has 2 aromatic rings. The van der Waals surface area contributed by atoms with Crippen LogP contribution in [0, 0.1) is 0 Å². The Labute approximate surface area is 121 Å². The third-order valence-corrected chi connectivity index (χ3v) is 4.39. The van der Waals surface area contributed by atoms with Gasteiger partial charge in [-0.25, -0.2) is 5.10 Å². The lowest BCUT2D eigenvalue weighted by atomic mass is 10.1. The number of nitrogens with zero attached hydrogens (tertiary/aromatic N) is 1. The van der Waals surface area contributed by atoms with Gasteiger partial charge in [0.2, 0.25) is 0 Å². The Kier molecular flexibility index (Phi) is 4.13. The number of carbonyl (C=O) groups is 1. The predicted octanol–water partition coefficient (Wildman–Crippen LogP) is 1.79. The van der Waals surface area contributed by atoms with Crippen LogP contribution < -0.4 is 10.9 Å². The molecule has 0 bridgehead atoms. The number of aromatic nitrogens is 2. The van der Waals surface area contributed by atoms with E-state index in [0.29, 0.717) is 17.3 Å². The molecule has 0 aliphatic carbocycles. The van der Waals surface area contributed by atoms with Crippen LogP contribution in [0.15, 0.2) is 29.1 Å². The largest absolute Gasteiger partial charge is 0.349 e. The summed E-state index contributed by atoms with van der Waals surface area (Å²) in [5.74, 6) is -0.278. The highest BCUT2D eigenvalue weighted by Crippen LogP contribution is 2.20. The van der Waals surface area contributed by atoms with Crippen molar-refractivity contribution in [3.8, 4) is 0 Å². The normalized spacial score (nSPS) is 11.6. The molecule has 0 unspecified atom stereocenters. The number of nitrogens with one attached hydrogen (secondary N) is 2. The summed E-state index contributed by atoms with van der Waals surface area (Å²) in [4.78, 5) is 23.9. The first-order valence-electron chi connectivity index (χ1n) is 6.25. The summed E-state index contributed by atoms with van der Waals surface area (Å²) in [6.45, 7) is 4.63. The number of rotatable bonds is 4. The van der Waals surface area contributed by atoms with E-state index in [1.165, 1.54) is 0 Å². The fraction of sp³-hybridized carbons (Fsp3) is 0.357. The Bertz CT molecular complexity index is 694. The van der Waals surface area contributed by atoms with Crippen LogP contribution in [-0.2, 0) is 0 Å². The van der Waals surface area contributed by atoms with Crippen molar-refractivity contribution in [3.05, 3.63) is 40.3 Å². The van der Waals surface area contributed by atoms with Crippen LogP contribution >= 0.6 is 11.8 Å². The molecule has 1 aromatic carbocycles. The molecule has 6 heteroatoms. The SMILES string of the molecule is CSC(C)(C)CNC(=O)c1n[nH]c(=O)c2ccccc12. The fourth-order valence-electron chi connectivity index (χ4n) is 1.74. The van der Waals surface area contributed by atoms with Gasteiger partial charge in [0.15, 0.2) is 5.69 Å². The third-order valence-electron chi connectivity index (χ3n) is 3.14. The number of aromatic amines is 1. The molecule has 0 aliphatic heterocycles. The molecule has 2 rings (SSSR count). The van der Waals surface area contributed by atoms with Gasteiger partial charge in [-0.2, -0.15) is 16.9 Å². The summed E-state index contributed by atoms with van der Waals surface area (Å²) in [5, 5.41) is 10.1. The monoisotopic (exact) mass is 291 g/mol. The highest BCUT2D eigenvalue weighted by atomic mass is 32.2. The molecular weight excluding hydrogens is 274 g/mol. The summed E-state index contributed by atoms with van der Waals surface area (Å²) in [6.07, 6.45) is 2.00. The summed E-state index contributed by atoms with van der Waals surface area (Å²) in [6, 6.07) is 6.95. The molecule has 0 aliphatic rings. The van der Waals surface area contributed by atoms with Crippen molar-refractivity contribution < 1.29 is 4.79 Å². The zero-order valence-corrected chi connectivity index (χ0v) is 12.5. The molecule has 106 valence electrons. The van der Waals surface area contributed by atoms with E-state index in [1.54, 1.807) is 36.0 Å². The Hall–Kier alpha value is -1.82. The van der Waals surface area contributed by atoms with E-state index in [2.05, 4.69) is 29.4 Å². The van der Waals surface area contributed by atoms with Gasteiger partial charge < -0.3 is 5.32 Å². The van der Waals surface area contributed by atoms with Crippen molar-refractivity contribution in [1.82, 2.24) is 15.5 Å². The molecule has 0 spiro atoms. The average molecular weight is 291 g/mol. The lowest BCUT2D eigenvalue weighted by Gasteiger charge is -2.22. The highest BCUT2D eigenvalue weighted by Gasteiger charge is 2.19. The predicted molar refractivity (Wildman–Crippen MR) is 82.3 cm³/mol. The molecule has 1 amide bonds. The number of fused-ring (bicyclic) bond motifs is 1. The van der Waals surface area contributed by atoms with Gasteiger partial charge in [-0.15, -0.1) is 0 Å². The van der Waals surface area contributed by atoms with Gasteiger partial charge in [0.1, 0.15) is 0 Å². The van der Waals surface area contributed by atoms with Gasteiger partial charge in [-0.3, -0.25) is 9.59 Å². The van der Waals surface area contributed by atoms with Crippen LogP contribution in [0.4, 0.5) is 0 Å². The smallest absolute Gasteiger partial charge is 0.272 e. The molecule has 0 atom stereocenters. The van der Waals surface area contributed by atoms with Gasteiger partial charge in [-0.1, -0.05) is 18.2 Å². The number of benzene rings is 1. The first kappa shape index (κ1) is 14.6. The van der Waals surface area contributed by atoms with Crippen LogP contribution in [0.3, 0.4) is 0 Å². The van der Waals surface area contributed by atoms with Crippen molar-refractivity contribution in [2.24, 2.45) is 0 Å². The van der Waals surface area contributed by atoms with E-state index in [-0.39, 0.29) is 21.9 Å². The standard InChI is InChI=1S/C14H17N3O2S/c1-14(2,20-3)8-15-13(19)11-9-6-4-5-7-10(9)12(18)17-16-11/h4-7H,8H2,1-3H3,(H,15,19)(H,17,18). The van der Waals surface area contributed by atoms with Crippen LogP contribution in [0.2, 0.25) is 0 Å². The Morgan fingerprint density at radius 3 is 2.65 bits per heavy atom. The average Bonchev–Trinajstić information content (AvgIpc) is 2.46. The Morgan fingerprint density at radius 2 is 2.00 bits per heavy atom. The van der Waals surface area contributed by atoms with Crippen LogP contribution in [0.25, 0.3) is 10.8 Å². The van der Waals surface area contributed by atoms with E-state index in [1.807, 2.05) is 6.26 Å². The van der Waals surface area contributed by atoms with Gasteiger partial charge in [0.05, 0.1) is 5.39 Å². The number of thioether (sulfide) groups is 1. The van der Waals surface area contributed by atoms with Crippen molar-refractivity contribution in [2.45, 2.75) is 18.6 Å². The zero-order chi connectivity index (χ0) is 14.8. The molecule has 1 aromatic heterocycles. The molecule has 2 N–H and O–H groups in total. The maximum atomic E-state index is 12.2. The van der Waals surface area contributed by atoms with Gasteiger partial charge >= 0.3 is 0 Å². The fourth-order valence-corrected chi connectivity index (χ4v) is 1.95. The number of hydrogen-bond donors (Lipinski definition) is 2. The van der Waals surface area contributed by atoms with Crippen molar-refractivity contribution in [2.75, 3.05) is 12.8 Å². The zero-order valence-electron chi connectivity index (χ0n) is 11.7. The molecule has 1 heterocycles. The lowest BCUT2D eigenvalue weighted by molar-refractivity contribution is 0.0946. The molecule has 20 heavy (non-hydrogen) atoms. The van der Waals surface area contributed by atoms with E-state index < -0.39 is 0 Å². The second kappa shape index (κ2) is 5.66. The van der Waals surface area contributed by atoms with Crippen molar-refractivity contribution >= 4 is 28.4 Å². The molecule has 0 fully saturated rings. The van der Waals surface area contributed by atoms with Crippen molar-refractivity contribution in [3.63, 3.8) is 0 Å². The third kappa shape index (κ3) is 3.01. The second-order valence-corrected chi connectivity index (χ2v) is 6.61. The molecule has 5 nitrogen and oxygen atoms in total. The molecule has 0 saturated carbocycles. The summed E-state index contributed by atoms with van der Waals surface area (Å²) < 4.78 is -0.0480. The summed E-state index contributed by atoms with van der Waals surface area (Å²) >= 11 is 1.68. The second-order valence-electron chi connectivity index (χ2n) is 5.09. The molecular formula is C14H17N3O2S. The Morgan fingerprint density at radius 1 is 1.35 bits per heavy atom. The van der Waals surface area contributed by atoms with E-state index in [4.69, 9.17) is 0 Å². The summed E-state index contributed by atoms with van der Waals surface area (Å²) in [7, 11) is 0. The van der Waals surface area contributed by atoms with E-state index in [9.17, 15) is 9.59 Å². The Balaban J connectivity index is 2.32. The van der Waals surface area contributed by atoms with E-state index >= 15 is 0 Å². The minimum absolute atomic E-state index is 0.0480. The topological polar surface area (TPSA) is 74.8 Å². The molecule has 0 radical (unpaired) electrons. The minimum atomic E-state index is -0.290. The van der Waals surface area contributed by atoms with Crippen molar-refractivity contribution in [1.29, 1.82) is 0 Å². The lowest BCUT2D eigenvalue weighted by Crippen LogP contribution is -2.36. The number of carbonyl (C=O) groups excluding carboxylic acids is 1. The van der Waals surface area contributed by atoms with Crippen LogP contribution in [0.5, 0.6) is 0 Å². The maximum Gasteiger partial charge on any atom is 0.272 e. The molecule has 0 saturated heterocycles. The van der Waals surface area contributed by atoms with Gasteiger partial charge in [0, 0.05) is 16.7 Å². The first-order chi connectivity index (χ1) is 9.44. The van der Waals surface area contributed by atoms with Crippen LogP contribution in [0.1, 0.15) is 24.3 Å². The minimum Gasteiger partial charge on any atom is -0.349 e. The van der Waals surface area contributed by atoms with Gasteiger partial charge in [-0.05, 0) is 26.2 Å². The van der Waals surface area contributed by atoms with E-state index in [0.717, 1.165) is 0 Å². The number of amides is 1. The maximum absolute atomic E-state index is 12.2. The summed E-state index contributed by atoms with van der Waals surface area (Å²) in [5.41, 5.74) is -0.0429.